The number of hydrogen-bond donors (Lipinski definition) is 0. The van der Waals surface area contributed by atoms with Crippen molar-refractivity contribution in [3.8, 4) is 0 Å². The zero-order chi connectivity index (χ0) is 14.7. The van der Waals surface area contributed by atoms with Crippen molar-refractivity contribution in [2.24, 2.45) is 7.05 Å². The predicted octanol–water partition coefficient (Wildman–Crippen LogP) is 2.19. The average molecular weight is 274 g/mol. The third kappa shape index (κ3) is 2.66. The van der Waals surface area contributed by atoms with Crippen LogP contribution in [0.5, 0.6) is 0 Å². The van der Waals surface area contributed by atoms with Crippen LogP contribution < -0.4 is 0 Å². The van der Waals surface area contributed by atoms with E-state index in [1.165, 1.54) is 5.69 Å². The molecule has 0 bridgehead atoms. The topological polar surface area (TPSA) is 52.7 Å². The summed E-state index contributed by atoms with van der Waals surface area (Å²) in [6, 6.07) is 2.02. The number of nitrogens with zero attached hydrogens (tertiary/aromatic N) is 4. The maximum absolute atomic E-state index is 11.8. The summed E-state index contributed by atoms with van der Waals surface area (Å²) in [4.78, 5) is 11.8. The molecule has 0 aliphatic rings. The van der Waals surface area contributed by atoms with E-state index in [1.807, 2.05) is 29.4 Å². The number of hydrogen-bond acceptors (Lipinski definition) is 3. The maximum atomic E-state index is 11.8. The van der Waals surface area contributed by atoms with Crippen LogP contribution in [-0.2, 0) is 32.9 Å². The minimum absolute atomic E-state index is 0.116. The Bertz CT molecular complexity index is 609. The molecular weight excluding hydrogens is 252 g/mol. The molecule has 0 atom stereocenters. The van der Waals surface area contributed by atoms with Crippen LogP contribution >= 0.6 is 0 Å². The van der Waals surface area contributed by atoms with Crippen molar-refractivity contribution in [3.63, 3.8) is 0 Å². The first-order valence-corrected chi connectivity index (χ1v) is 7.14. The number of Topliss-reactive ketones (excluding diaryl/α,β-unsaturated/α-hetero) is 1. The van der Waals surface area contributed by atoms with E-state index in [0.29, 0.717) is 0 Å². The van der Waals surface area contributed by atoms with Gasteiger partial charge in [0.15, 0.2) is 5.78 Å². The lowest BCUT2D eigenvalue weighted by Gasteiger charge is -2.07. The van der Waals surface area contributed by atoms with Gasteiger partial charge in [-0.1, -0.05) is 13.8 Å². The highest BCUT2D eigenvalue weighted by atomic mass is 16.1. The fourth-order valence-corrected chi connectivity index (χ4v) is 2.62. The van der Waals surface area contributed by atoms with Crippen LogP contribution in [0.15, 0.2) is 12.3 Å². The number of carbonyl (C=O) groups is 1. The van der Waals surface area contributed by atoms with Gasteiger partial charge in [-0.15, -0.1) is 0 Å². The van der Waals surface area contributed by atoms with Gasteiger partial charge in [-0.25, -0.2) is 0 Å². The fraction of sp³-hybridized carbons (Fsp3) is 0.533. The lowest BCUT2D eigenvalue weighted by atomic mass is 10.1. The van der Waals surface area contributed by atoms with Crippen LogP contribution in [0.1, 0.15) is 48.2 Å². The van der Waals surface area contributed by atoms with E-state index in [4.69, 9.17) is 0 Å². The number of carbonyl (C=O) groups excluding carboxylic acids is 1. The SMILES string of the molecule is CCc1nn(CCc2ccnn2C)c(CC)c1C(C)=O. The molecular formula is C15H22N4O. The maximum Gasteiger partial charge on any atom is 0.163 e. The van der Waals surface area contributed by atoms with Crippen molar-refractivity contribution in [1.82, 2.24) is 19.6 Å². The Labute approximate surface area is 119 Å². The van der Waals surface area contributed by atoms with Crippen LogP contribution in [0.4, 0.5) is 0 Å². The summed E-state index contributed by atoms with van der Waals surface area (Å²) >= 11 is 0. The summed E-state index contributed by atoms with van der Waals surface area (Å²) in [5.74, 6) is 0.116. The van der Waals surface area contributed by atoms with Gasteiger partial charge in [-0.05, 0) is 25.8 Å². The van der Waals surface area contributed by atoms with E-state index in [1.54, 1.807) is 13.1 Å². The lowest BCUT2D eigenvalue weighted by Crippen LogP contribution is -2.10. The molecule has 0 fully saturated rings. The standard InChI is InChI=1S/C15H22N4O/c1-5-13-15(11(3)20)14(6-2)19(17-13)10-8-12-7-9-16-18(12)4/h7,9H,5-6,8,10H2,1-4H3. The molecule has 2 aromatic heterocycles. The minimum Gasteiger partial charge on any atom is -0.294 e. The molecule has 0 radical (unpaired) electrons. The first kappa shape index (κ1) is 14.5. The van der Waals surface area contributed by atoms with Gasteiger partial charge in [0.1, 0.15) is 0 Å². The number of ketones is 1. The van der Waals surface area contributed by atoms with Gasteiger partial charge >= 0.3 is 0 Å². The highest BCUT2D eigenvalue weighted by Gasteiger charge is 2.18. The largest absolute Gasteiger partial charge is 0.294 e. The molecule has 2 heterocycles. The van der Waals surface area contributed by atoms with Gasteiger partial charge in [-0.2, -0.15) is 10.2 Å². The molecule has 0 amide bonds. The van der Waals surface area contributed by atoms with Crippen LogP contribution in [0.2, 0.25) is 0 Å². The van der Waals surface area contributed by atoms with Crippen LogP contribution in [0.25, 0.3) is 0 Å². The van der Waals surface area contributed by atoms with Crippen LogP contribution in [0, 0.1) is 0 Å². The Balaban J connectivity index is 2.27. The minimum atomic E-state index is 0.116. The molecule has 108 valence electrons. The van der Waals surface area contributed by atoms with Gasteiger partial charge in [0.2, 0.25) is 0 Å². The molecule has 0 spiro atoms. The van der Waals surface area contributed by atoms with Crippen molar-refractivity contribution < 1.29 is 4.79 Å². The van der Waals surface area contributed by atoms with Crippen LogP contribution in [0.3, 0.4) is 0 Å². The second-order valence-corrected chi connectivity index (χ2v) is 4.95. The third-order valence-corrected chi connectivity index (χ3v) is 3.65. The Kier molecular flexibility index (Phi) is 4.37. The Morgan fingerprint density at radius 2 is 2.05 bits per heavy atom. The fourth-order valence-electron chi connectivity index (χ4n) is 2.62. The first-order valence-electron chi connectivity index (χ1n) is 7.14. The van der Waals surface area contributed by atoms with E-state index >= 15 is 0 Å². The summed E-state index contributed by atoms with van der Waals surface area (Å²) in [6.45, 7) is 6.52. The average Bonchev–Trinajstić information content (AvgIpc) is 2.99. The molecule has 20 heavy (non-hydrogen) atoms. The van der Waals surface area contributed by atoms with Gasteiger partial charge in [0.25, 0.3) is 0 Å². The zero-order valence-corrected chi connectivity index (χ0v) is 12.7. The molecule has 5 nitrogen and oxygen atoms in total. The van der Waals surface area contributed by atoms with E-state index in [2.05, 4.69) is 17.1 Å². The second kappa shape index (κ2) is 6.03. The molecule has 0 saturated carbocycles. The quantitative estimate of drug-likeness (QED) is 0.759. The van der Waals surface area contributed by atoms with Gasteiger partial charge in [0.05, 0.1) is 11.3 Å². The second-order valence-electron chi connectivity index (χ2n) is 4.95. The Hall–Kier alpha value is -1.91. The Morgan fingerprint density at radius 3 is 2.55 bits per heavy atom. The molecule has 0 aliphatic heterocycles. The van der Waals surface area contributed by atoms with E-state index in [-0.39, 0.29) is 5.78 Å². The summed E-state index contributed by atoms with van der Waals surface area (Å²) < 4.78 is 3.87. The van der Waals surface area contributed by atoms with E-state index in [9.17, 15) is 4.79 Å². The molecule has 0 N–H and O–H groups in total. The highest BCUT2D eigenvalue weighted by molar-refractivity contribution is 5.96. The van der Waals surface area contributed by atoms with E-state index < -0.39 is 0 Å². The zero-order valence-electron chi connectivity index (χ0n) is 12.7. The summed E-state index contributed by atoms with van der Waals surface area (Å²) in [5, 5.41) is 8.79. The molecule has 2 rings (SSSR count). The molecule has 5 heteroatoms. The van der Waals surface area contributed by atoms with Gasteiger partial charge < -0.3 is 0 Å². The van der Waals surface area contributed by atoms with Gasteiger partial charge in [0, 0.05) is 37.6 Å². The highest BCUT2D eigenvalue weighted by Crippen LogP contribution is 2.17. The third-order valence-electron chi connectivity index (χ3n) is 3.65. The molecule has 0 aliphatic carbocycles. The Morgan fingerprint density at radius 1 is 1.30 bits per heavy atom. The molecule has 0 unspecified atom stereocenters. The smallest absolute Gasteiger partial charge is 0.163 e. The first-order chi connectivity index (χ1) is 9.58. The molecule has 0 saturated heterocycles. The van der Waals surface area contributed by atoms with Crippen molar-refractivity contribution >= 4 is 5.78 Å². The van der Waals surface area contributed by atoms with Crippen molar-refractivity contribution in [3.05, 3.63) is 34.9 Å². The summed E-state index contributed by atoms with van der Waals surface area (Å²) in [7, 11) is 1.94. The van der Waals surface area contributed by atoms with Gasteiger partial charge in [-0.3, -0.25) is 14.2 Å². The number of rotatable bonds is 6. The summed E-state index contributed by atoms with van der Waals surface area (Å²) in [5.41, 5.74) is 3.96. The predicted molar refractivity (Wildman–Crippen MR) is 77.9 cm³/mol. The monoisotopic (exact) mass is 274 g/mol. The normalized spacial score (nSPS) is 11.0. The van der Waals surface area contributed by atoms with Crippen molar-refractivity contribution in [2.75, 3.05) is 0 Å². The number of aromatic nitrogens is 4. The van der Waals surface area contributed by atoms with E-state index in [0.717, 1.165) is 42.8 Å². The van der Waals surface area contributed by atoms with Crippen molar-refractivity contribution in [1.29, 1.82) is 0 Å². The molecule has 2 aromatic rings. The van der Waals surface area contributed by atoms with Crippen LogP contribution in [-0.4, -0.2) is 25.3 Å². The number of aryl methyl sites for hydroxylation is 4. The van der Waals surface area contributed by atoms with Crippen molar-refractivity contribution in [2.45, 2.75) is 46.6 Å². The molecule has 0 aromatic carbocycles. The summed E-state index contributed by atoms with van der Waals surface area (Å²) in [6.07, 6.45) is 4.29. The lowest BCUT2D eigenvalue weighted by molar-refractivity contribution is 0.101.